The zero-order chi connectivity index (χ0) is 24.5. The van der Waals surface area contributed by atoms with E-state index in [0.29, 0.717) is 30.1 Å². The zero-order valence-electron chi connectivity index (χ0n) is 19.7. The van der Waals surface area contributed by atoms with Crippen LogP contribution in [0.4, 0.5) is 0 Å². The molecule has 0 aromatic heterocycles. The molecule has 0 bridgehead atoms. The number of carbonyl (C=O) groups is 1. The molecule has 0 aliphatic rings. The quantitative estimate of drug-likeness (QED) is 0.172. The van der Waals surface area contributed by atoms with Gasteiger partial charge in [-0.25, -0.2) is 0 Å². The molecule has 180 valence electrons. The van der Waals surface area contributed by atoms with Crippen molar-refractivity contribution in [2.45, 2.75) is 59.0 Å². The summed E-state index contributed by atoms with van der Waals surface area (Å²) in [5.74, 6) is 1.53. The molecule has 0 saturated carbocycles. The molecular weight excluding hydrogens is 550 g/mol. The number of benzene rings is 2. The van der Waals surface area contributed by atoms with Crippen LogP contribution in [0.25, 0.3) is 0 Å². The molecule has 0 spiro atoms. The van der Waals surface area contributed by atoms with Gasteiger partial charge < -0.3 is 20.1 Å². The van der Waals surface area contributed by atoms with Gasteiger partial charge in [0.25, 0.3) is 5.91 Å². The van der Waals surface area contributed by atoms with E-state index in [0.717, 1.165) is 34.0 Å². The van der Waals surface area contributed by atoms with Crippen LogP contribution in [0.2, 0.25) is 0 Å². The molecule has 6 nitrogen and oxygen atoms in total. The molecule has 0 radical (unpaired) electrons. The van der Waals surface area contributed by atoms with E-state index >= 15 is 0 Å². The zero-order valence-corrected chi connectivity index (χ0v) is 22.8. The minimum Gasteiger partial charge on any atom is -0.494 e. The number of halogens is 2. The smallest absolute Gasteiger partial charge is 0.254 e. The summed E-state index contributed by atoms with van der Waals surface area (Å²) >= 11 is 7.11. The van der Waals surface area contributed by atoms with Gasteiger partial charge in [0.1, 0.15) is 17.3 Å². The Morgan fingerprint density at radius 3 is 1.91 bits per heavy atom. The van der Waals surface area contributed by atoms with E-state index in [1.54, 1.807) is 12.1 Å². The first-order valence-electron chi connectivity index (χ1n) is 11.1. The molecule has 0 aliphatic carbocycles. The second kappa shape index (κ2) is 13.0. The van der Waals surface area contributed by atoms with Gasteiger partial charge in [-0.2, -0.15) is 0 Å². The van der Waals surface area contributed by atoms with Crippen LogP contribution in [0, 0.1) is 5.41 Å². The largest absolute Gasteiger partial charge is 0.494 e. The topological polar surface area (TPSA) is 88.6 Å². The summed E-state index contributed by atoms with van der Waals surface area (Å²) in [5, 5.41) is 7.41. The number of hydrogen-bond donors (Lipinski definition) is 2. The van der Waals surface area contributed by atoms with Crippen molar-refractivity contribution in [3.05, 3.63) is 56.5 Å². The molecule has 0 heterocycles. The first-order valence-corrected chi connectivity index (χ1v) is 12.7. The van der Waals surface area contributed by atoms with Gasteiger partial charge in [-0.15, -0.1) is 0 Å². The fourth-order valence-electron chi connectivity index (χ4n) is 3.51. The van der Waals surface area contributed by atoms with Crippen LogP contribution >= 0.6 is 31.9 Å². The maximum absolute atomic E-state index is 13.0. The minimum absolute atomic E-state index is 0.00360. The van der Waals surface area contributed by atoms with Gasteiger partial charge in [0, 0.05) is 23.2 Å². The molecule has 0 fully saturated rings. The summed E-state index contributed by atoms with van der Waals surface area (Å²) in [6, 6.07) is 11.1. The van der Waals surface area contributed by atoms with Gasteiger partial charge in [-0.1, -0.05) is 0 Å². The van der Waals surface area contributed by atoms with Crippen molar-refractivity contribution in [3.8, 4) is 11.5 Å². The van der Waals surface area contributed by atoms with E-state index in [1.165, 1.54) is 0 Å². The van der Waals surface area contributed by atoms with E-state index in [1.807, 2.05) is 56.9 Å². The van der Waals surface area contributed by atoms with Gasteiger partial charge in [0.05, 0.1) is 22.2 Å². The van der Waals surface area contributed by atoms with Crippen molar-refractivity contribution in [3.63, 3.8) is 0 Å². The molecule has 1 amide bonds. The van der Waals surface area contributed by atoms with Gasteiger partial charge >= 0.3 is 0 Å². The van der Waals surface area contributed by atoms with Gasteiger partial charge in [0.2, 0.25) is 0 Å². The normalized spacial score (nSPS) is 11.0. The van der Waals surface area contributed by atoms with Crippen LogP contribution in [-0.4, -0.2) is 41.9 Å². The highest BCUT2D eigenvalue weighted by Gasteiger charge is 2.23. The van der Waals surface area contributed by atoms with Gasteiger partial charge in [-0.05, 0) is 115 Å². The van der Waals surface area contributed by atoms with Crippen LogP contribution in [0.15, 0.2) is 45.3 Å². The lowest BCUT2D eigenvalue weighted by Crippen LogP contribution is -2.42. The molecule has 0 atom stereocenters. The van der Waals surface area contributed by atoms with Crippen LogP contribution in [-0.2, 0) is 0 Å². The Bertz CT molecular complexity index is 915. The Morgan fingerprint density at radius 2 is 1.42 bits per heavy atom. The van der Waals surface area contributed by atoms with Crippen LogP contribution in [0.3, 0.4) is 0 Å². The molecule has 0 aliphatic heterocycles. The van der Waals surface area contributed by atoms with Crippen LogP contribution in [0.5, 0.6) is 11.5 Å². The molecule has 0 saturated heterocycles. The van der Waals surface area contributed by atoms with Gasteiger partial charge in [0.15, 0.2) is 0 Å². The third-order valence-corrected chi connectivity index (χ3v) is 6.24. The highest BCUT2D eigenvalue weighted by Crippen LogP contribution is 2.35. The fourth-order valence-corrected chi connectivity index (χ4v) is 4.93. The van der Waals surface area contributed by atoms with Crippen molar-refractivity contribution in [2.24, 2.45) is 5.73 Å². The minimum atomic E-state index is 0.00360. The molecule has 2 aromatic carbocycles. The predicted molar refractivity (Wildman–Crippen MR) is 141 cm³/mol. The number of carbonyl (C=O) groups excluding carboxylic acids is 1. The lowest BCUT2D eigenvalue weighted by atomic mass is 10.1. The maximum Gasteiger partial charge on any atom is 0.254 e. The number of unbranched alkanes of at least 4 members (excludes halogenated alkanes) is 2. The summed E-state index contributed by atoms with van der Waals surface area (Å²) in [6.45, 7) is 9.28. The number of ether oxygens (including phenoxy) is 2. The Kier molecular flexibility index (Phi) is 10.7. The number of rotatable bonds is 12. The Labute approximate surface area is 213 Å². The molecule has 3 N–H and O–H groups in total. The fraction of sp³-hybridized carbons (Fsp3) is 0.440. The number of amides is 1. The van der Waals surface area contributed by atoms with Crippen molar-refractivity contribution < 1.29 is 14.3 Å². The number of nitrogens with one attached hydrogen (secondary N) is 1. The standard InChI is InChI=1S/C25H33Br2N3O3/c1-16(2)30(17(3)4)25(31)19-14-21(26)23(22(27)15-19)33-13-7-5-6-12-32-20-10-8-18(9-11-20)24(28)29/h8-11,14-17H,5-7,12-13H2,1-4H3,(H3,28,29). The Morgan fingerprint density at radius 1 is 0.909 bits per heavy atom. The Hall–Kier alpha value is -2.06. The van der Waals surface area contributed by atoms with E-state index in [9.17, 15) is 4.79 Å². The lowest BCUT2D eigenvalue weighted by Gasteiger charge is -2.31. The molecule has 8 heteroatoms. The van der Waals surface area contributed by atoms with Crippen molar-refractivity contribution in [1.82, 2.24) is 4.90 Å². The summed E-state index contributed by atoms with van der Waals surface area (Å²) in [6.07, 6.45) is 2.77. The maximum atomic E-state index is 13.0. The van der Waals surface area contributed by atoms with Crippen molar-refractivity contribution in [1.29, 1.82) is 5.41 Å². The predicted octanol–water partition coefficient (Wildman–Crippen LogP) is 6.38. The average molecular weight is 583 g/mol. The number of amidine groups is 1. The average Bonchev–Trinajstić information content (AvgIpc) is 2.74. The van der Waals surface area contributed by atoms with Gasteiger partial charge in [-0.3, -0.25) is 10.2 Å². The monoisotopic (exact) mass is 581 g/mol. The van der Waals surface area contributed by atoms with E-state index in [2.05, 4.69) is 31.9 Å². The first-order chi connectivity index (χ1) is 15.6. The summed E-state index contributed by atoms with van der Waals surface area (Å²) < 4.78 is 13.2. The number of nitrogens with zero attached hydrogens (tertiary/aromatic N) is 1. The molecule has 0 unspecified atom stereocenters. The highest BCUT2D eigenvalue weighted by molar-refractivity contribution is 9.11. The summed E-state index contributed by atoms with van der Waals surface area (Å²) in [5.41, 5.74) is 6.76. The van der Waals surface area contributed by atoms with Crippen molar-refractivity contribution in [2.75, 3.05) is 13.2 Å². The Balaban J connectivity index is 1.79. The van der Waals surface area contributed by atoms with E-state index in [-0.39, 0.29) is 23.8 Å². The summed E-state index contributed by atoms with van der Waals surface area (Å²) in [4.78, 5) is 14.8. The first kappa shape index (κ1) is 27.2. The second-order valence-corrected chi connectivity index (χ2v) is 10.1. The molecule has 2 rings (SSSR count). The van der Waals surface area contributed by atoms with E-state index in [4.69, 9.17) is 20.6 Å². The second-order valence-electron chi connectivity index (χ2n) is 8.36. The molecular formula is C25H33Br2N3O3. The molecule has 33 heavy (non-hydrogen) atoms. The molecule has 2 aromatic rings. The van der Waals surface area contributed by atoms with Crippen LogP contribution < -0.4 is 15.2 Å². The van der Waals surface area contributed by atoms with Crippen molar-refractivity contribution >= 4 is 43.6 Å². The summed E-state index contributed by atoms with van der Waals surface area (Å²) in [7, 11) is 0. The third kappa shape index (κ3) is 8.03. The highest BCUT2D eigenvalue weighted by atomic mass is 79.9. The number of nitrogen functional groups attached to an aromatic ring is 1. The lowest BCUT2D eigenvalue weighted by molar-refractivity contribution is 0.0643. The van der Waals surface area contributed by atoms with E-state index < -0.39 is 0 Å². The number of hydrogen-bond acceptors (Lipinski definition) is 4. The number of nitrogens with two attached hydrogens (primary N) is 1. The third-order valence-electron chi connectivity index (χ3n) is 5.06. The SMILES string of the molecule is CC(C)N(C(=O)c1cc(Br)c(OCCCCCOc2ccc(C(=N)N)cc2)c(Br)c1)C(C)C. The van der Waals surface area contributed by atoms with Crippen LogP contribution in [0.1, 0.15) is 62.9 Å².